The number of hydrogen-bond acceptors (Lipinski definition) is 3. The van der Waals surface area contributed by atoms with Gasteiger partial charge in [0.05, 0.1) is 12.6 Å². The third kappa shape index (κ3) is 4.32. The molecule has 1 saturated carbocycles. The smallest absolute Gasteiger partial charge is 0.246 e. The highest BCUT2D eigenvalue weighted by Gasteiger charge is 2.23. The second-order valence-corrected chi connectivity index (χ2v) is 6.37. The minimum Gasteiger partial charge on any atom is -0.368 e. The summed E-state index contributed by atoms with van der Waals surface area (Å²) in [6.45, 7) is 1.35. The zero-order valence-corrected chi connectivity index (χ0v) is 13.4. The van der Waals surface area contributed by atoms with Gasteiger partial charge in [-0.3, -0.25) is 9.59 Å². The first-order valence-corrected chi connectivity index (χ1v) is 8.45. The quantitative estimate of drug-likeness (QED) is 0.904. The Kier molecular flexibility index (Phi) is 5.28. The molecule has 23 heavy (non-hydrogen) atoms. The van der Waals surface area contributed by atoms with Crippen LogP contribution in [0.1, 0.15) is 43.2 Å². The molecule has 1 aromatic rings. The summed E-state index contributed by atoms with van der Waals surface area (Å²) >= 11 is 0. The Morgan fingerprint density at radius 2 is 1.74 bits per heavy atom. The number of benzene rings is 1. The van der Waals surface area contributed by atoms with Gasteiger partial charge < -0.3 is 15.0 Å². The van der Waals surface area contributed by atoms with E-state index in [9.17, 15) is 9.59 Å². The van der Waals surface area contributed by atoms with E-state index in [0.717, 1.165) is 12.8 Å². The molecular formula is C18H24N2O3. The Bertz CT molecular complexity index is 542. The van der Waals surface area contributed by atoms with Gasteiger partial charge in [0.1, 0.15) is 6.61 Å². The largest absolute Gasteiger partial charge is 0.368 e. The van der Waals surface area contributed by atoms with Gasteiger partial charge in [-0.25, -0.2) is 0 Å². The van der Waals surface area contributed by atoms with Crippen LogP contribution in [-0.4, -0.2) is 36.0 Å². The first-order chi connectivity index (χ1) is 11.2. The predicted octanol–water partition coefficient (Wildman–Crippen LogP) is 1.99. The number of nitrogens with one attached hydrogen (secondary N) is 1. The van der Waals surface area contributed by atoms with Gasteiger partial charge in [-0.1, -0.05) is 43.5 Å². The van der Waals surface area contributed by atoms with E-state index in [1.165, 1.54) is 30.4 Å². The van der Waals surface area contributed by atoms with Gasteiger partial charge in [-0.2, -0.15) is 0 Å². The van der Waals surface area contributed by atoms with Crippen molar-refractivity contribution in [3.05, 3.63) is 35.4 Å². The van der Waals surface area contributed by atoms with Crippen molar-refractivity contribution in [3.8, 4) is 0 Å². The molecule has 3 rings (SSSR count). The Morgan fingerprint density at radius 1 is 1.09 bits per heavy atom. The Hall–Kier alpha value is -1.88. The van der Waals surface area contributed by atoms with E-state index in [0.29, 0.717) is 13.1 Å². The fraction of sp³-hybridized carbons (Fsp3) is 0.556. The van der Waals surface area contributed by atoms with E-state index < -0.39 is 0 Å². The van der Waals surface area contributed by atoms with Crippen LogP contribution in [0.3, 0.4) is 0 Å². The van der Waals surface area contributed by atoms with Crippen molar-refractivity contribution in [1.29, 1.82) is 0 Å². The lowest BCUT2D eigenvalue weighted by Gasteiger charge is -2.21. The molecule has 0 spiro atoms. The van der Waals surface area contributed by atoms with Crippen LogP contribution in [0.15, 0.2) is 24.3 Å². The van der Waals surface area contributed by atoms with Crippen molar-refractivity contribution in [1.82, 2.24) is 10.2 Å². The lowest BCUT2D eigenvalue weighted by molar-refractivity contribution is -0.135. The van der Waals surface area contributed by atoms with Crippen LogP contribution < -0.4 is 5.32 Å². The van der Waals surface area contributed by atoms with Crippen molar-refractivity contribution < 1.29 is 14.3 Å². The lowest BCUT2D eigenvalue weighted by atomic mass is 9.98. The standard InChI is InChI=1S/C18H24N2O3/c21-17(13-23-16-8-2-1-3-9-16)19-10-18(22)20-11-14-6-4-5-7-15(14)12-20/h4-7,16H,1-3,8-13H2,(H,19,21). The number of amides is 2. The molecule has 2 aliphatic rings. The third-order valence-corrected chi connectivity index (χ3v) is 4.63. The van der Waals surface area contributed by atoms with Gasteiger partial charge in [-0.05, 0) is 24.0 Å². The number of rotatable bonds is 5. The SMILES string of the molecule is O=C(COC1CCCCC1)NCC(=O)N1Cc2ccccc2C1. The summed E-state index contributed by atoms with van der Waals surface area (Å²) in [4.78, 5) is 25.8. The summed E-state index contributed by atoms with van der Waals surface area (Å²) in [5, 5.41) is 2.67. The van der Waals surface area contributed by atoms with Crippen LogP contribution in [0, 0.1) is 0 Å². The first kappa shape index (κ1) is 16.0. The molecular weight excluding hydrogens is 292 g/mol. The second kappa shape index (κ2) is 7.59. The van der Waals surface area contributed by atoms with Gasteiger partial charge in [0.2, 0.25) is 11.8 Å². The van der Waals surface area contributed by atoms with Crippen molar-refractivity contribution in [2.45, 2.75) is 51.3 Å². The van der Waals surface area contributed by atoms with Crippen molar-refractivity contribution in [2.75, 3.05) is 13.2 Å². The number of carbonyl (C=O) groups excluding carboxylic acids is 2. The van der Waals surface area contributed by atoms with E-state index >= 15 is 0 Å². The zero-order chi connectivity index (χ0) is 16.1. The summed E-state index contributed by atoms with van der Waals surface area (Å²) < 4.78 is 5.62. The number of fused-ring (bicyclic) bond motifs is 1. The monoisotopic (exact) mass is 316 g/mol. The molecule has 1 aliphatic carbocycles. The van der Waals surface area contributed by atoms with E-state index in [-0.39, 0.29) is 31.1 Å². The highest BCUT2D eigenvalue weighted by molar-refractivity contribution is 5.85. The van der Waals surface area contributed by atoms with Gasteiger partial charge in [0, 0.05) is 13.1 Å². The molecule has 0 unspecified atom stereocenters. The first-order valence-electron chi connectivity index (χ1n) is 8.45. The molecule has 0 atom stereocenters. The van der Waals surface area contributed by atoms with Crippen LogP contribution in [0.5, 0.6) is 0 Å². The molecule has 1 N–H and O–H groups in total. The topological polar surface area (TPSA) is 58.6 Å². The van der Waals surface area contributed by atoms with Crippen molar-refractivity contribution in [2.24, 2.45) is 0 Å². The number of carbonyl (C=O) groups is 2. The molecule has 0 bridgehead atoms. The maximum absolute atomic E-state index is 12.2. The summed E-state index contributed by atoms with van der Waals surface area (Å²) in [5.41, 5.74) is 2.38. The molecule has 2 amide bonds. The predicted molar refractivity (Wildman–Crippen MR) is 86.5 cm³/mol. The normalized spacial score (nSPS) is 17.8. The van der Waals surface area contributed by atoms with Crippen molar-refractivity contribution >= 4 is 11.8 Å². The summed E-state index contributed by atoms with van der Waals surface area (Å²) in [6, 6.07) is 8.05. The van der Waals surface area contributed by atoms with Crippen LogP contribution in [0.4, 0.5) is 0 Å². The van der Waals surface area contributed by atoms with Gasteiger partial charge >= 0.3 is 0 Å². The molecule has 0 aromatic heterocycles. The Balaban J connectivity index is 1.37. The molecule has 5 heteroatoms. The fourth-order valence-corrected chi connectivity index (χ4v) is 3.27. The summed E-state index contributed by atoms with van der Waals surface area (Å²) in [6.07, 6.45) is 5.91. The van der Waals surface area contributed by atoms with E-state index in [4.69, 9.17) is 4.74 Å². The van der Waals surface area contributed by atoms with Gasteiger partial charge in [0.15, 0.2) is 0 Å². The number of hydrogen-bond donors (Lipinski definition) is 1. The average Bonchev–Trinajstić information content (AvgIpc) is 3.03. The molecule has 1 aromatic carbocycles. The molecule has 0 saturated heterocycles. The van der Waals surface area contributed by atoms with Crippen molar-refractivity contribution in [3.63, 3.8) is 0 Å². The van der Waals surface area contributed by atoms with Crippen LogP contribution in [0.2, 0.25) is 0 Å². The summed E-state index contributed by atoms with van der Waals surface area (Å²) in [5.74, 6) is -0.257. The number of ether oxygens (including phenoxy) is 1. The maximum Gasteiger partial charge on any atom is 0.246 e. The fourth-order valence-electron chi connectivity index (χ4n) is 3.27. The van der Waals surface area contributed by atoms with Crippen LogP contribution >= 0.6 is 0 Å². The molecule has 5 nitrogen and oxygen atoms in total. The van der Waals surface area contributed by atoms with Crippen LogP contribution in [0.25, 0.3) is 0 Å². The molecule has 1 heterocycles. The third-order valence-electron chi connectivity index (χ3n) is 4.63. The molecule has 1 fully saturated rings. The Morgan fingerprint density at radius 3 is 2.39 bits per heavy atom. The number of nitrogens with zero attached hydrogens (tertiary/aromatic N) is 1. The molecule has 1 aliphatic heterocycles. The minimum absolute atomic E-state index is 0.0425. The van der Waals surface area contributed by atoms with Gasteiger partial charge in [0.25, 0.3) is 0 Å². The van der Waals surface area contributed by atoms with Crippen LogP contribution in [-0.2, 0) is 27.4 Å². The second-order valence-electron chi connectivity index (χ2n) is 6.37. The highest BCUT2D eigenvalue weighted by Crippen LogP contribution is 2.22. The zero-order valence-electron chi connectivity index (χ0n) is 13.4. The average molecular weight is 316 g/mol. The molecule has 124 valence electrons. The van der Waals surface area contributed by atoms with E-state index in [1.807, 2.05) is 24.3 Å². The maximum atomic E-state index is 12.2. The van der Waals surface area contributed by atoms with E-state index in [1.54, 1.807) is 4.90 Å². The highest BCUT2D eigenvalue weighted by atomic mass is 16.5. The lowest BCUT2D eigenvalue weighted by Crippen LogP contribution is -2.39. The minimum atomic E-state index is -0.208. The summed E-state index contributed by atoms with van der Waals surface area (Å²) in [7, 11) is 0. The van der Waals surface area contributed by atoms with E-state index in [2.05, 4.69) is 5.32 Å². The van der Waals surface area contributed by atoms with Gasteiger partial charge in [-0.15, -0.1) is 0 Å². The molecule has 0 radical (unpaired) electrons. The Labute approximate surface area is 137 Å².